The van der Waals surface area contributed by atoms with Gasteiger partial charge in [0.1, 0.15) is 6.54 Å². The van der Waals surface area contributed by atoms with Gasteiger partial charge in [-0.1, -0.05) is 35.9 Å². The summed E-state index contributed by atoms with van der Waals surface area (Å²) in [7, 11) is 0. The molecule has 1 amide bonds. The molecule has 0 aliphatic carbocycles. The van der Waals surface area contributed by atoms with Crippen molar-refractivity contribution in [3.05, 3.63) is 64.2 Å². The standard InChI is InChI=1S/C22H25ClN2O3/c1-3-25(4-2)14-18-8-6-5-7-17(18)13-24-21(26)10-9-16-11-19(23)22-20(12-16)27-15-28-22/h5-12H,3-4,13-15H2,1-2H3,(H,24,26)/p+1/b10-9+. The average Bonchev–Trinajstić information content (AvgIpc) is 3.19. The van der Waals surface area contributed by atoms with Gasteiger partial charge < -0.3 is 19.7 Å². The van der Waals surface area contributed by atoms with Crippen LogP contribution in [-0.4, -0.2) is 25.8 Å². The molecule has 0 unspecified atom stereocenters. The quantitative estimate of drug-likeness (QED) is 0.669. The number of hydrogen-bond acceptors (Lipinski definition) is 3. The molecule has 2 N–H and O–H groups in total. The summed E-state index contributed by atoms with van der Waals surface area (Å²) in [6, 6.07) is 11.8. The molecule has 6 heteroatoms. The number of hydrogen-bond donors (Lipinski definition) is 2. The molecule has 1 aliphatic heterocycles. The Hall–Kier alpha value is -2.50. The normalized spacial score (nSPS) is 12.7. The first kappa shape index (κ1) is 20.2. The van der Waals surface area contributed by atoms with Crippen LogP contribution in [0.25, 0.3) is 6.08 Å². The Morgan fingerprint density at radius 1 is 1.18 bits per heavy atom. The predicted octanol–water partition coefficient (Wildman–Crippen LogP) is 2.82. The fourth-order valence-electron chi connectivity index (χ4n) is 3.17. The topological polar surface area (TPSA) is 52.0 Å². The molecule has 28 heavy (non-hydrogen) atoms. The lowest BCUT2D eigenvalue weighted by atomic mass is 10.1. The molecule has 0 saturated carbocycles. The van der Waals surface area contributed by atoms with Gasteiger partial charge in [-0.3, -0.25) is 4.79 Å². The van der Waals surface area contributed by atoms with Gasteiger partial charge in [0.15, 0.2) is 11.5 Å². The molecule has 2 aromatic rings. The second kappa shape index (κ2) is 9.62. The first-order valence-corrected chi connectivity index (χ1v) is 9.93. The molecule has 2 aromatic carbocycles. The minimum Gasteiger partial charge on any atom is -0.454 e. The summed E-state index contributed by atoms with van der Waals surface area (Å²) < 4.78 is 10.6. The van der Waals surface area contributed by atoms with Crippen molar-refractivity contribution < 1.29 is 19.2 Å². The van der Waals surface area contributed by atoms with Crippen LogP contribution >= 0.6 is 11.6 Å². The van der Waals surface area contributed by atoms with E-state index in [2.05, 4.69) is 31.3 Å². The summed E-state index contributed by atoms with van der Waals surface area (Å²) in [6.07, 6.45) is 3.22. The van der Waals surface area contributed by atoms with Gasteiger partial charge in [0.05, 0.1) is 18.1 Å². The molecule has 0 bridgehead atoms. The van der Waals surface area contributed by atoms with Gasteiger partial charge in [-0.25, -0.2) is 0 Å². The molecule has 0 radical (unpaired) electrons. The zero-order valence-electron chi connectivity index (χ0n) is 16.3. The second-order valence-electron chi connectivity index (χ2n) is 6.69. The maximum atomic E-state index is 12.3. The molecule has 0 aromatic heterocycles. The summed E-state index contributed by atoms with van der Waals surface area (Å²) in [5.41, 5.74) is 3.21. The molecule has 0 saturated heterocycles. The van der Waals surface area contributed by atoms with Crippen LogP contribution in [0.5, 0.6) is 11.5 Å². The molecule has 0 atom stereocenters. The summed E-state index contributed by atoms with van der Waals surface area (Å²) in [5, 5.41) is 3.44. The van der Waals surface area contributed by atoms with Crippen LogP contribution in [-0.2, 0) is 17.9 Å². The summed E-state index contributed by atoms with van der Waals surface area (Å²) in [4.78, 5) is 13.8. The first-order valence-electron chi connectivity index (χ1n) is 9.56. The number of fused-ring (bicyclic) bond motifs is 1. The zero-order valence-corrected chi connectivity index (χ0v) is 17.0. The highest BCUT2D eigenvalue weighted by atomic mass is 35.5. The number of carbonyl (C=O) groups is 1. The van der Waals surface area contributed by atoms with Crippen molar-refractivity contribution in [2.75, 3.05) is 19.9 Å². The second-order valence-corrected chi connectivity index (χ2v) is 7.10. The molecule has 1 heterocycles. The molecule has 5 nitrogen and oxygen atoms in total. The van der Waals surface area contributed by atoms with Crippen LogP contribution in [0.2, 0.25) is 5.02 Å². The van der Waals surface area contributed by atoms with E-state index in [1.807, 2.05) is 12.1 Å². The van der Waals surface area contributed by atoms with Crippen LogP contribution in [0.3, 0.4) is 0 Å². The van der Waals surface area contributed by atoms with E-state index in [1.54, 1.807) is 18.2 Å². The lowest BCUT2D eigenvalue weighted by Crippen LogP contribution is -3.10. The van der Waals surface area contributed by atoms with Gasteiger partial charge in [0.25, 0.3) is 0 Å². The molecule has 0 spiro atoms. The van der Waals surface area contributed by atoms with Crippen LogP contribution in [0.4, 0.5) is 0 Å². The number of ether oxygens (including phenoxy) is 2. The van der Waals surface area contributed by atoms with E-state index in [1.165, 1.54) is 16.5 Å². The van der Waals surface area contributed by atoms with Gasteiger partial charge in [0, 0.05) is 18.2 Å². The van der Waals surface area contributed by atoms with Crippen molar-refractivity contribution in [3.63, 3.8) is 0 Å². The Morgan fingerprint density at radius 3 is 2.68 bits per heavy atom. The Labute approximate surface area is 170 Å². The van der Waals surface area contributed by atoms with E-state index in [-0.39, 0.29) is 12.7 Å². The van der Waals surface area contributed by atoms with Crippen molar-refractivity contribution in [1.29, 1.82) is 0 Å². The van der Waals surface area contributed by atoms with Crippen LogP contribution in [0.1, 0.15) is 30.5 Å². The van der Waals surface area contributed by atoms with Gasteiger partial charge in [-0.15, -0.1) is 0 Å². The van der Waals surface area contributed by atoms with E-state index >= 15 is 0 Å². The Morgan fingerprint density at radius 2 is 1.93 bits per heavy atom. The lowest BCUT2D eigenvalue weighted by Gasteiger charge is -2.17. The smallest absolute Gasteiger partial charge is 0.244 e. The third-order valence-corrected chi connectivity index (χ3v) is 5.17. The fraction of sp³-hybridized carbons (Fsp3) is 0.318. The van der Waals surface area contributed by atoms with Crippen molar-refractivity contribution in [3.8, 4) is 11.5 Å². The molecule has 148 valence electrons. The number of nitrogens with one attached hydrogen (secondary N) is 2. The third-order valence-electron chi connectivity index (χ3n) is 4.89. The van der Waals surface area contributed by atoms with E-state index in [0.717, 1.165) is 30.8 Å². The van der Waals surface area contributed by atoms with Crippen molar-refractivity contribution in [2.45, 2.75) is 26.9 Å². The number of quaternary nitrogens is 1. The van der Waals surface area contributed by atoms with Crippen molar-refractivity contribution in [1.82, 2.24) is 5.32 Å². The van der Waals surface area contributed by atoms with Crippen molar-refractivity contribution in [2.24, 2.45) is 0 Å². The Kier molecular flexibility index (Phi) is 6.95. The number of rotatable bonds is 8. The van der Waals surface area contributed by atoms with Gasteiger partial charge in [-0.05, 0) is 43.2 Å². The van der Waals surface area contributed by atoms with Crippen LogP contribution in [0, 0.1) is 0 Å². The van der Waals surface area contributed by atoms with Gasteiger partial charge in [0.2, 0.25) is 12.7 Å². The zero-order chi connectivity index (χ0) is 19.9. The minimum absolute atomic E-state index is 0.154. The number of amides is 1. The third kappa shape index (κ3) is 5.06. The Balaban J connectivity index is 1.61. The molecule has 3 rings (SSSR count). The minimum atomic E-state index is -0.154. The summed E-state index contributed by atoms with van der Waals surface area (Å²) in [6.45, 7) is 8.17. The molecule has 1 aliphatic rings. The lowest BCUT2D eigenvalue weighted by molar-refractivity contribution is -0.910. The number of halogens is 1. The number of carbonyl (C=O) groups excluding carboxylic acids is 1. The average molecular weight is 402 g/mol. The highest BCUT2D eigenvalue weighted by Gasteiger charge is 2.17. The van der Waals surface area contributed by atoms with Crippen LogP contribution < -0.4 is 19.7 Å². The Bertz CT molecular complexity index is 863. The molecular weight excluding hydrogens is 376 g/mol. The first-order chi connectivity index (χ1) is 13.6. The summed E-state index contributed by atoms with van der Waals surface area (Å²) >= 11 is 6.17. The van der Waals surface area contributed by atoms with Crippen LogP contribution in [0.15, 0.2) is 42.5 Å². The van der Waals surface area contributed by atoms with Gasteiger partial charge >= 0.3 is 0 Å². The van der Waals surface area contributed by atoms with E-state index < -0.39 is 0 Å². The van der Waals surface area contributed by atoms with E-state index in [0.29, 0.717) is 23.1 Å². The summed E-state index contributed by atoms with van der Waals surface area (Å²) in [5.74, 6) is 0.995. The number of benzene rings is 2. The molecule has 0 fully saturated rings. The SMILES string of the molecule is CC[NH+](CC)Cc1ccccc1CNC(=O)/C=C/c1cc(Cl)c2c(c1)OCO2. The fourth-order valence-corrected chi connectivity index (χ4v) is 3.44. The van der Waals surface area contributed by atoms with Crippen molar-refractivity contribution >= 4 is 23.6 Å². The highest BCUT2D eigenvalue weighted by molar-refractivity contribution is 6.32. The molecular formula is C22H26ClN2O3+. The maximum Gasteiger partial charge on any atom is 0.244 e. The monoisotopic (exact) mass is 401 g/mol. The predicted molar refractivity (Wildman–Crippen MR) is 111 cm³/mol. The highest BCUT2D eigenvalue weighted by Crippen LogP contribution is 2.40. The van der Waals surface area contributed by atoms with Gasteiger partial charge in [-0.2, -0.15) is 0 Å². The van der Waals surface area contributed by atoms with E-state index in [4.69, 9.17) is 21.1 Å². The maximum absolute atomic E-state index is 12.3. The van der Waals surface area contributed by atoms with E-state index in [9.17, 15) is 4.79 Å². The largest absolute Gasteiger partial charge is 0.454 e.